The fourth-order valence-corrected chi connectivity index (χ4v) is 5.19. The van der Waals surface area contributed by atoms with Crippen LogP contribution < -0.4 is 5.56 Å². The van der Waals surface area contributed by atoms with Crippen LogP contribution >= 0.6 is 12.2 Å². The van der Waals surface area contributed by atoms with Crippen molar-refractivity contribution < 1.29 is 0 Å². The molecule has 8 nitrogen and oxygen atoms in total. The maximum Gasteiger partial charge on any atom is 0.257 e. The van der Waals surface area contributed by atoms with E-state index >= 15 is 0 Å². The third kappa shape index (κ3) is 5.09. The van der Waals surface area contributed by atoms with Crippen LogP contribution in [0.2, 0.25) is 0 Å². The molecule has 0 fully saturated rings. The van der Waals surface area contributed by atoms with Gasteiger partial charge in [-0.15, -0.1) is 10.2 Å². The number of unbranched alkanes of at least 4 members (excludes halogenated alkanes) is 1. The van der Waals surface area contributed by atoms with Crippen LogP contribution in [0.1, 0.15) is 42.4 Å². The Morgan fingerprint density at radius 1 is 1.11 bits per heavy atom. The molecule has 0 amide bonds. The second-order valence-corrected chi connectivity index (χ2v) is 10.2. The average Bonchev–Trinajstić information content (AvgIpc) is 3.60. The number of nitrogens with one attached hydrogen (secondary N) is 1. The third-order valence-electron chi connectivity index (χ3n) is 6.98. The molecular formula is C28H31N7OS. The molecule has 4 aromatic rings. The zero-order chi connectivity index (χ0) is 25.9. The summed E-state index contributed by atoms with van der Waals surface area (Å²) in [5.41, 5.74) is 5.87. The van der Waals surface area contributed by atoms with Crippen LogP contribution in [0.15, 0.2) is 53.3 Å². The lowest BCUT2D eigenvalue weighted by atomic mass is 9.98. The molecular weight excluding hydrogens is 482 g/mol. The molecule has 0 radical (unpaired) electrons. The van der Waals surface area contributed by atoms with Gasteiger partial charge in [-0.25, -0.2) is 4.98 Å². The molecule has 0 bridgehead atoms. The number of nitrogens with zero attached hydrogens (tertiary/aromatic N) is 6. The van der Waals surface area contributed by atoms with E-state index in [4.69, 9.17) is 17.2 Å². The topological polar surface area (TPSA) is 92.6 Å². The standard InChI is InChI=1S/C28H31N7OS/c1-4-5-10-25-29-24-16-20(28(37)34(2)3)15-23(24)27(36)35(25)17-18-11-13-19(14-12-18)21-8-6-7-9-22(21)26-30-32-33-31-26/h6-9,11-14,20H,4-5,10,15-17H2,1-3H3,(H,30,31,32,33). The Kier molecular flexibility index (Phi) is 7.23. The fraction of sp³-hybridized carbons (Fsp3) is 0.357. The SMILES string of the molecule is CCCCc1nc2c(c(=O)n1Cc1ccc(-c3ccccc3-c3nn[nH]n3)cc1)CC(C(=S)N(C)C)C2. The molecule has 1 N–H and O–H groups in total. The molecule has 0 spiro atoms. The molecule has 2 aromatic heterocycles. The van der Waals surface area contributed by atoms with E-state index in [1.54, 1.807) is 0 Å². The molecule has 0 aliphatic heterocycles. The number of tetrazole rings is 1. The van der Waals surface area contributed by atoms with Crippen molar-refractivity contribution in [3.05, 3.63) is 81.5 Å². The van der Waals surface area contributed by atoms with E-state index in [2.05, 4.69) is 51.8 Å². The molecule has 0 saturated heterocycles. The van der Waals surface area contributed by atoms with E-state index in [9.17, 15) is 4.79 Å². The van der Waals surface area contributed by atoms with Crippen molar-refractivity contribution >= 4 is 17.2 Å². The van der Waals surface area contributed by atoms with E-state index in [0.717, 1.165) is 70.0 Å². The minimum atomic E-state index is 0.0756. The second kappa shape index (κ2) is 10.7. The van der Waals surface area contributed by atoms with Gasteiger partial charge in [0, 0.05) is 37.6 Å². The number of H-pyrrole nitrogens is 1. The second-order valence-electron chi connectivity index (χ2n) is 9.76. The van der Waals surface area contributed by atoms with Gasteiger partial charge >= 0.3 is 0 Å². The summed E-state index contributed by atoms with van der Waals surface area (Å²) in [6.45, 7) is 2.65. The third-order valence-corrected chi connectivity index (χ3v) is 7.68. The van der Waals surface area contributed by atoms with Crippen LogP contribution in [-0.4, -0.2) is 54.2 Å². The molecule has 1 aliphatic carbocycles. The maximum atomic E-state index is 13.7. The summed E-state index contributed by atoms with van der Waals surface area (Å²) in [5.74, 6) is 1.59. The van der Waals surface area contributed by atoms with Gasteiger partial charge in [-0.1, -0.05) is 74.1 Å². The Bertz CT molecular complexity index is 1460. The van der Waals surface area contributed by atoms with Crippen molar-refractivity contribution in [2.75, 3.05) is 14.1 Å². The van der Waals surface area contributed by atoms with Crippen molar-refractivity contribution in [3.8, 4) is 22.5 Å². The predicted molar refractivity (Wildman–Crippen MR) is 148 cm³/mol. The molecule has 1 atom stereocenters. The highest BCUT2D eigenvalue weighted by atomic mass is 32.1. The minimum Gasteiger partial charge on any atom is -0.372 e. The Hall–Kier alpha value is -3.72. The van der Waals surface area contributed by atoms with Crippen LogP contribution in [0, 0.1) is 5.92 Å². The molecule has 5 rings (SSSR count). The van der Waals surface area contributed by atoms with Crippen molar-refractivity contribution in [3.63, 3.8) is 0 Å². The van der Waals surface area contributed by atoms with Crippen molar-refractivity contribution in [2.45, 2.75) is 45.6 Å². The van der Waals surface area contributed by atoms with Crippen LogP contribution in [0.25, 0.3) is 22.5 Å². The smallest absolute Gasteiger partial charge is 0.257 e. The van der Waals surface area contributed by atoms with E-state index in [-0.39, 0.29) is 11.5 Å². The Morgan fingerprint density at radius 3 is 2.54 bits per heavy atom. The lowest BCUT2D eigenvalue weighted by Gasteiger charge is -2.18. The van der Waals surface area contributed by atoms with Gasteiger partial charge in [-0.2, -0.15) is 5.21 Å². The number of fused-ring (bicyclic) bond motifs is 1. The number of hydrogen-bond donors (Lipinski definition) is 1. The Morgan fingerprint density at radius 2 is 1.86 bits per heavy atom. The van der Waals surface area contributed by atoms with Crippen molar-refractivity contribution in [1.29, 1.82) is 0 Å². The summed E-state index contributed by atoms with van der Waals surface area (Å²) in [5, 5.41) is 14.5. The summed E-state index contributed by atoms with van der Waals surface area (Å²) in [7, 11) is 3.93. The van der Waals surface area contributed by atoms with E-state index in [0.29, 0.717) is 18.8 Å². The molecule has 1 unspecified atom stereocenters. The summed E-state index contributed by atoms with van der Waals surface area (Å²) in [6.07, 6.45) is 4.25. The Balaban J connectivity index is 1.45. The lowest BCUT2D eigenvalue weighted by molar-refractivity contribution is 0.567. The quantitative estimate of drug-likeness (QED) is 0.355. The average molecular weight is 514 g/mol. The molecule has 1 aliphatic rings. The van der Waals surface area contributed by atoms with Gasteiger partial charge in [0.05, 0.1) is 17.2 Å². The van der Waals surface area contributed by atoms with E-state index < -0.39 is 0 Å². The van der Waals surface area contributed by atoms with Crippen molar-refractivity contribution in [2.24, 2.45) is 5.92 Å². The zero-order valence-electron chi connectivity index (χ0n) is 21.4. The minimum absolute atomic E-state index is 0.0756. The monoisotopic (exact) mass is 513 g/mol. The predicted octanol–water partition coefficient (Wildman–Crippen LogP) is 4.09. The zero-order valence-corrected chi connectivity index (χ0v) is 22.3. The van der Waals surface area contributed by atoms with Crippen molar-refractivity contribution in [1.82, 2.24) is 35.1 Å². The largest absolute Gasteiger partial charge is 0.372 e. The fourth-order valence-electron chi connectivity index (χ4n) is 5.02. The number of aromatic nitrogens is 6. The first-order valence-corrected chi connectivity index (χ1v) is 13.1. The number of benzene rings is 2. The van der Waals surface area contributed by atoms with E-state index in [1.807, 2.05) is 47.8 Å². The van der Waals surface area contributed by atoms with Crippen LogP contribution in [0.3, 0.4) is 0 Å². The molecule has 37 heavy (non-hydrogen) atoms. The van der Waals surface area contributed by atoms with Gasteiger partial charge in [0.2, 0.25) is 5.82 Å². The molecule has 2 aromatic carbocycles. The maximum absolute atomic E-state index is 13.7. The van der Waals surface area contributed by atoms with Gasteiger partial charge in [0.15, 0.2) is 0 Å². The normalized spacial score (nSPS) is 14.5. The summed E-state index contributed by atoms with van der Waals surface area (Å²) < 4.78 is 1.87. The van der Waals surface area contributed by atoms with Gasteiger partial charge < -0.3 is 4.90 Å². The highest BCUT2D eigenvalue weighted by molar-refractivity contribution is 7.80. The van der Waals surface area contributed by atoms with Crippen LogP contribution in [0.4, 0.5) is 0 Å². The van der Waals surface area contributed by atoms with E-state index in [1.165, 1.54) is 0 Å². The lowest BCUT2D eigenvalue weighted by Crippen LogP contribution is -2.30. The molecule has 9 heteroatoms. The summed E-state index contributed by atoms with van der Waals surface area (Å²) in [4.78, 5) is 21.6. The van der Waals surface area contributed by atoms with Gasteiger partial charge in [-0.05, 0) is 41.2 Å². The number of thiocarbonyl (C=S) groups is 1. The van der Waals surface area contributed by atoms with Gasteiger partial charge in [0.1, 0.15) is 5.82 Å². The highest BCUT2D eigenvalue weighted by Gasteiger charge is 2.31. The summed E-state index contributed by atoms with van der Waals surface area (Å²) >= 11 is 5.63. The van der Waals surface area contributed by atoms with Crippen LogP contribution in [-0.2, 0) is 25.8 Å². The number of aromatic amines is 1. The van der Waals surface area contributed by atoms with Gasteiger partial charge in [0.25, 0.3) is 5.56 Å². The van der Waals surface area contributed by atoms with Gasteiger partial charge in [-0.3, -0.25) is 9.36 Å². The molecule has 190 valence electrons. The molecule has 2 heterocycles. The van der Waals surface area contributed by atoms with Crippen LogP contribution in [0.5, 0.6) is 0 Å². The first-order chi connectivity index (χ1) is 18.0. The molecule has 0 saturated carbocycles. The number of hydrogen-bond acceptors (Lipinski definition) is 6. The summed E-state index contributed by atoms with van der Waals surface area (Å²) in [6, 6.07) is 16.3. The first kappa shape index (κ1) is 25.0. The first-order valence-electron chi connectivity index (χ1n) is 12.7. The number of aryl methyl sites for hydroxylation is 1. The highest BCUT2D eigenvalue weighted by Crippen LogP contribution is 2.30. The number of rotatable bonds is 8. The Labute approximate surface area is 221 Å².